The van der Waals surface area contributed by atoms with Gasteiger partial charge < -0.3 is 15.0 Å². The van der Waals surface area contributed by atoms with Crippen molar-refractivity contribution in [1.82, 2.24) is 4.90 Å². The summed E-state index contributed by atoms with van der Waals surface area (Å²) in [6.45, 7) is 5.97. The molecule has 3 rings (SSSR count). The second-order valence-electron chi connectivity index (χ2n) is 7.27. The molecule has 1 aliphatic rings. The number of hydrogen-bond donors (Lipinski definition) is 1. The Labute approximate surface area is 164 Å². The fourth-order valence-corrected chi connectivity index (χ4v) is 3.10. The lowest BCUT2D eigenvalue weighted by atomic mass is 10.1. The van der Waals surface area contributed by atoms with Gasteiger partial charge in [-0.25, -0.2) is 4.39 Å². The molecule has 1 unspecified atom stereocenters. The summed E-state index contributed by atoms with van der Waals surface area (Å²) in [7, 11) is 0. The number of amides is 2. The molecular formula is C22H25FN2O3. The summed E-state index contributed by atoms with van der Waals surface area (Å²) in [4.78, 5) is 26.5. The predicted molar refractivity (Wildman–Crippen MR) is 105 cm³/mol. The van der Waals surface area contributed by atoms with Gasteiger partial charge in [-0.3, -0.25) is 9.59 Å². The first-order chi connectivity index (χ1) is 13.4. The van der Waals surface area contributed by atoms with Crippen molar-refractivity contribution in [2.45, 2.75) is 46.4 Å². The Morgan fingerprint density at radius 1 is 1.29 bits per heavy atom. The molecule has 6 heteroatoms. The molecule has 2 amide bonds. The van der Waals surface area contributed by atoms with Gasteiger partial charge in [-0.15, -0.1) is 0 Å². The van der Waals surface area contributed by atoms with Gasteiger partial charge in [0.2, 0.25) is 5.91 Å². The van der Waals surface area contributed by atoms with E-state index < -0.39 is 6.10 Å². The van der Waals surface area contributed by atoms with Crippen LogP contribution in [0.2, 0.25) is 0 Å². The molecule has 0 radical (unpaired) electrons. The number of carbonyl (C=O) groups excluding carboxylic acids is 2. The number of carbonyl (C=O) groups is 2. The van der Waals surface area contributed by atoms with Crippen molar-refractivity contribution in [2.75, 3.05) is 5.32 Å². The summed E-state index contributed by atoms with van der Waals surface area (Å²) in [5.74, 6) is -0.126. The molecule has 0 saturated carbocycles. The van der Waals surface area contributed by atoms with Crippen molar-refractivity contribution in [3.63, 3.8) is 0 Å². The van der Waals surface area contributed by atoms with Crippen LogP contribution in [0, 0.1) is 11.7 Å². The van der Waals surface area contributed by atoms with Crippen molar-refractivity contribution < 1.29 is 18.7 Å². The van der Waals surface area contributed by atoms with Crippen LogP contribution in [0.4, 0.5) is 10.1 Å². The van der Waals surface area contributed by atoms with Gasteiger partial charge in [-0.2, -0.15) is 0 Å². The number of hydrogen-bond acceptors (Lipinski definition) is 3. The van der Waals surface area contributed by atoms with Crippen LogP contribution in [0.15, 0.2) is 42.5 Å². The largest absolute Gasteiger partial charge is 0.480 e. The minimum Gasteiger partial charge on any atom is -0.480 e. The SMILES string of the molecule is CCC1Oc2ccc(NC(=O)C(C)C)cc2CN(Cc2ccccc2F)C1=O. The Hall–Kier alpha value is -2.89. The molecule has 1 N–H and O–H groups in total. The zero-order valence-corrected chi connectivity index (χ0v) is 16.4. The number of fused-ring (bicyclic) bond motifs is 1. The summed E-state index contributed by atoms with van der Waals surface area (Å²) < 4.78 is 20.0. The maximum absolute atomic E-state index is 14.1. The summed E-state index contributed by atoms with van der Waals surface area (Å²) in [5, 5.41) is 2.86. The second kappa shape index (κ2) is 8.42. The third-order valence-corrected chi connectivity index (χ3v) is 4.76. The van der Waals surface area contributed by atoms with Crippen molar-refractivity contribution in [3.05, 3.63) is 59.4 Å². The number of anilines is 1. The van der Waals surface area contributed by atoms with Crippen LogP contribution in [0.5, 0.6) is 5.75 Å². The Morgan fingerprint density at radius 2 is 2.04 bits per heavy atom. The smallest absolute Gasteiger partial charge is 0.264 e. The van der Waals surface area contributed by atoms with E-state index in [0.717, 1.165) is 5.56 Å². The van der Waals surface area contributed by atoms with Crippen LogP contribution in [-0.4, -0.2) is 22.8 Å². The lowest BCUT2D eigenvalue weighted by Gasteiger charge is -2.23. The molecule has 1 heterocycles. The Balaban J connectivity index is 1.90. The number of nitrogens with zero attached hydrogens (tertiary/aromatic N) is 1. The van der Waals surface area contributed by atoms with E-state index in [2.05, 4.69) is 5.32 Å². The second-order valence-corrected chi connectivity index (χ2v) is 7.27. The molecule has 0 bridgehead atoms. The highest BCUT2D eigenvalue weighted by Crippen LogP contribution is 2.30. The van der Waals surface area contributed by atoms with Gasteiger partial charge in [0.25, 0.3) is 5.91 Å². The van der Waals surface area contributed by atoms with Gasteiger partial charge in [0.15, 0.2) is 6.10 Å². The van der Waals surface area contributed by atoms with Gasteiger partial charge in [-0.05, 0) is 30.7 Å². The first kappa shape index (κ1) is 19.9. The van der Waals surface area contributed by atoms with Crippen molar-refractivity contribution >= 4 is 17.5 Å². The first-order valence-corrected chi connectivity index (χ1v) is 9.51. The zero-order valence-electron chi connectivity index (χ0n) is 16.4. The maximum atomic E-state index is 14.1. The normalized spacial score (nSPS) is 16.4. The highest BCUT2D eigenvalue weighted by Gasteiger charge is 2.30. The van der Waals surface area contributed by atoms with Crippen LogP contribution in [-0.2, 0) is 22.7 Å². The molecule has 0 spiro atoms. The molecule has 148 valence electrons. The average Bonchev–Trinajstić information content (AvgIpc) is 2.80. The van der Waals surface area contributed by atoms with Crippen LogP contribution in [0.1, 0.15) is 38.3 Å². The van der Waals surface area contributed by atoms with Gasteiger partial charge >= 0.3 is 0 Å². The van der Waals surface area contributed by atoms with Crippen molar-refractivity contribution in [3.8, 4) is 5.75 Å². The van der Waals surface area contributed by atoms with E-state index in [1.54, 1.807) is 35.2 Å². The molecule has 2 aromatic carbocycles. The molecule has 5 nitrogen and oxygen atoms in total. The number of halogens is 1. The van der Waals surface area contributed by atoms with Crippen LogP contribution < -0.4 is 10.1 Å². The van der Waals surface area contributed by atoms with Crippen LogP contribution in [0.25, 0.3) is 0 Å². The quantitative estimate of drug-likeness (QED) is 0.844. The Morgan fingerprint density at radius 3 is 2.71 bits per heavy atom. The molecule has 28 heavy (non-hydrogen) atoms. The van der Waals surface area contributed by atoms with Gasteiger partial charge in [0.1, 0.15) is 11.6 Å². The van der Waals surface area contributed by atoms with Gasteiger partial charge in [-0.1, -0.05) is 39.0 Å². The average molecular weight is 384 g/mol. The van der Waals surface area contributed by atoms with E-state index >= 15 is 0 Å². The van der Waals surface area contributed by atoms with E-state index in [9.17, 15) is 14.0 Å². The van der Waals surface area contributed by atoms with Crippen LogP contribution in [0.3, 0.4) is 0 Å². The molecule has 0 saturated heterocycles. The molecule has 2 aromatic rings. The standard InChI is InChI=1S/C22H25FN2O3/c1-4-19-22(27)25(12-15-7-5-6-8-18(15)23)13-16-11-17(9-10-20(16)28-19)24-21(26)14(2)3/h5-11,14,19H,4,12-13H2,1-3H3,(H,24,26). The maximum Gasteiger partial charge on any atom is 0.264 e. The van der Waals surface area contributed by atoms with Gasteiger partial charge in [0, 0.05) is 35.8 Å². The van der Waals surface area contributed by atoms with E-state index in [4.69, 9.17) is 4.74 Å². The minimum absolute atomic E-state index is 0.0831. The summed E-state index contributed by atoms with van der Waals surface area (Å²) >= 11 is 0. The van der Waals surface area contributed by atoms with E-state index in [1.165, 1.54) is 6.07 Å². The van der Waals surface area contributed by atoms with Crippen molar-refractivity contribution in [2.24, 2.45) is 5.92 Å². The van der Waals surface area contributed by atoms with E-state index in [0.29, 0.717) is 23.4 Å². The molecule has 1 atom stereocenters. The topological polar surface area (TPSA) is 58.6 Å². The monoisotopic (exact) mass is 384 g/mol. The molecule has 0 aromatic heterocycles. The number of ether oxygens (including phenoxy) is 1. The number of rotatable bonds is 5. The lowest BCUT2D eigenvalue weighted by molar-refractivity contribution is -0.139. The predicted octanol–water partition coefficient (Wildman–Crippen LogP) is 4.12. The molecular weight excluding hydrogens is 359 g/mol. The first-order valence-electron chi connectivity index (χ1n) is 9.51. The lowest BCUT2D eigenvalue weighted by Crippen LogP contribution is -2.39. The molecule has 1 aliphatic heterocycles. The summed E-state index contributed by atoms with van der Waals surface area (Å²) in [5.41, 5.74) is 1.88. The highest BCUT2D eigenvalue weighted by atomic mass is 19.1. The summed E-state index contributed by atoms with van der Waals surface area (Å²) in [6.07, 6.45) is -0.109. The molecule has 0 fully saturated rings. The summed E-state index contributed by atoms with van der Waals surface area (Å²) in [6, 6.07) is 11.8. The third kappa shape index (κ3) is 4.32. The van der Waals surface area contributed by atoms with Gasteiger partial charge in [0.05, 0.1) is 0 Å². The fraction of sp³-hybridized carbons (Fsp3) is 0.364. The zero-order chi connectivity index (χ0) is 20.3. The molecule has 0 aliphatic carbocycles. The number of nitrogens with one attached hydrogen (secondary N) is 1. The van der Waals surface area contributed by atoms with E-state index in [-0.39, 0.29) is 36.6 Å². The van der Waals surface area contributed by atoms with E-state index in [1.807, 2.05) is 26.8 Å². The Kier molecular flexibility index (Phi) is 5.97. The fourth-order valence-electron chi connectivity index (χ4n) is 3.10. The highest BCUT2D eigenvalue weighted by molar-refractivity contribution is 5.92. The van der Waals surface area contributed by atoms with Crippen LogP contribution >= 0.6 is 0 Å². The van der Waals surface area contributed by atoms with Crippen molar-refractivity contribution in [1.29, 1.82) is 0 Å². The third-order valence-electron chi connectivity index (χ3n) is 4.76. The Bertz CT molecular complexity index is 882. The number of benzene rings is 2. The minimum atomic E-state index is -0.621.